The summed E-state index contributed by atoms with van der Waals surface area (Å²) in [5.41, 5.74) is 3.61. The Morgan fingerprint density at radius 2 is 1.72 bits per heavy atom. The average molecular weight is 481 g/mol. The van der Waals surface area contributed by atoms with Crippen LogP contribution in [0, 0.1) is 18.3 Å². The molecule has 1 atom stereocenters. The topological polar surface area (TPSA) is 90.6 Å². The molecule has 4 rings (SSSR count). The van der Waals surface area contributed by atoms with Gasteiger partial charge in [-0.2, -0.15) is 5.26 Å². The molecular weight excluding hydrogens is 452 g/mol. The number of nitriles is 1. The molecule has 1 fully saturated rings. The number of anilines is 1. The average Bonchev–Trinajstić information content (AvgIpc) is 3.13. The minimum atomic E-state index is -0.884. The maximum atomic E-state index is 13.5. The highest BCUT2D eigenvalue weighted by molar-refractivity contribution is 6.51. The van der Waals surface area contributed by atoms with E-state index in [1.54, 1.807) is 48.5 Å². The molecule has 3 aromatic carbocycles. The van der Waals surface area contributed by atoms with E-state index < -0.39 is 17.7 Å². The molecule has 1 aliphatic rings. The summed E-state index contributed by atoms with van der Waals surface area (Å²) in [7, 11) is 1.54. The second-order valence-electron chi connectivity index (χ2n) is 9.88. The summed E-state index contributed by atoms with van der Waals surface area (Å²) < 4.78 is 5.39. The highest BCUT2D eigenvalue weighted by Gasteiger charge is 2.47. The van der Waals surface area contributed by atoms with E-state index in [4.69, 9.17) is 4.74 Å². The van der Waals surface area contributed by atoms with Crippen molar-refractivity contribution in [1.82, 2.24) is 0 Å². The number of ether oxygens (including phenoxy) is 1. The Labute approximate surface area is 211 Å². The summed E-state index contributed by atoms with van der Waals surface area (Å²) >= 11 is 0. The number of aliphatic hydroxyl groups excluding tert-OH is 1. The number of nitrogens with zero attached hydrogens (tertiary/aromatic N) is 2. The molecule has 1 N–H and O–H groups in total. The molecule has 182 valence electrons. The first-order valence-electron chi connectivity index (χ1n) is 11.6. The minimum Gasteiger partial charge on any atom is -0.507 e. The van der Waals surface area contributed by atoms with Gasteiger partial charge in [-0.25, -0.2) is 0 Å². The van der Waals surface area contributed by atoms with Crippen LogP contribution in [0.25, 0.3) is 5.76 Å². The molecule has 6 heteroatoms. The third kappa shape index (κ3) is 4.36. The van der Waals surface area contributed by atoms with Gasteiger partial charge in [0.25, 0.3) is 11.7 Å². The van der Waals surface area contributed by atoms with Gasteiger partial charge in [0.05, 0.1) is 30.4 Å². The first-order chi connectivity index (χ1) is 17.1. The smallest absolute Gasteiger partial charge is 0.300 e. The molecule has 36 heavy (non-hydrogen) atoms. The first-order valence-corrected chi connectivity index (χ1v) is 11.6. The summed E-state index contributed by atoms with van der Waals surface area (Å²) in [6, 6.07) is 20.5. The van der Waals surface area contributed by atoms with Gasteiger partial charge in [0.2, 0.25) is 0 Å². The lowest BCUT2D eigenvalue weighted by Gasteiger charge is -2.26. The zero-order valence-electron chi connectivity index (χ0n) is 21.0. The quantitative estimate of drug-likeness (QED) is 0.290. The summed E-state index contributed by atoms with van der Waals surface area (Å²) in [5, 5.41) is 20.8. The van der Waals surface area contributed by atoms with Gasteiger partial charge in [0.1, 0.15) is 11.5 Å². The summed E-state index contributed by atoms with van der Waals surface area (Å²) in [6.07, 6.45) is 0. The lowest BCUT2D eigenvalue weighted by atomic mass is 9.84. The number of aryl methyl sites for hydroxylation is 1. The van der Waals surface area contributed by atoms with Crippen molar-refractivity contribution in [2.75, 3.05) is 12.0 Å². The third-order valence-corrected chi connectivity index (χ3v) is 6.49. The summed E-state index contributed by atoms with van der Waals surface area (Å²) in [4.78, 5) is 28.2. The van der Waals surface area contributed by atoms with Gasteiger partial charge in [-0.15, -0.1) is 0 Å². The Morgan fingerprint density at radius 1 is 1.03 bits per heavy atom. The Kier molecular flexibility index (Phi) is 6.43. The number of ketones is 1. The standard InChI is InChI=1S/C30H28N2O4/c1-18-9-12-21(30(2,3)4)16-24(18)27(33)25-26(20-7-6-8-23(15-20)36-5)32(29(35)28(25)34)22-13-10-19(17-31)11-14-22/h6-16,26,33H,1-5H3/b27-25+. The van der Waals surface area contributed by atoms with Crippen molar-refractivity contribution in [3.8, 4) is 11.8 Å². The van der Waals surface area contributed by atoms with Gasteiger partial charge in [-0.05, 0) is 71.5 Å². The van der Waals surface area contributed by atoms with Crippen LogP contribution in [0.5, 0.6) is 5.75 Å². The molecule has 3 aromatic rings. The van der Waals surface area contributed by atoms with E-state index in [0.717, 1.165) is 11.1 Å². The monoisotopic (exact) mass is 480 g/mol. The fraction of sp³-hybridized carbons (Fsp3) is 0.233. The Bertz CT molecular complexity index is 1420. The molecule has 6 nitrogen and oxygen atoms in total. The number of Topliss-reactive ketones (excluding diaryl/α,β-unsaturated/α-hetero) is 1. The molecule has 0 aromatic heterocycles. The van der Waals surface area contributed by atoms with Gasteiger partial charge in [-0.1, -0.05) is 45.0 Å². The van der Waals surface area contributed by atoms with Crippen LogP contribution in [0.2, 0.25) is 0 Å². The zero-order valence-corrected chi connectivity index (χ0v) is 21.0. The van der Waals surface area contributed by atoms with Crippen molar-refractivity contribution < 1.29 is 19.4 Å². The second kappa shape index (κ2) is 9.35. The van der Waals surface area contributed by atoms with Gasteiger partial charge in [0, 0.05) is 11.3 Å². The third-order valence-electron chi connectivity index (χ3n) is 6.49. The highest BCUT2D eigenvalue weighted by Crippen LogP contribution is 2.43. The van der Waals surface area contributed by atoms with Crippen LogP contribution in [0.4, 0.5) is 5.69 Å². The second-order valence-corrected chi connectivity index (χ2v) is 9.88. The van der Waals surface area contributed by atoms with Crippen LogP contribution in [0.1, 0.15) is 54.6 Å². The van der Waals surface area contributed by atoms with Crippen LogP contribution in [0.15, 0.2) is 72.3 Å². The van der Waals surface area contributed by atoms with E-state index in [1.807, 2.05) is 25.1 Å². The molecular formula is C30H28N2O4. The molecule has 0 aliphatic carbocycles. The number of carbonyl (C=O) groups excluding carboxylic acids is 2. The molecule has 0 bridgehead atoms. The van der Waals surface area contributed by atoms with Crippen LogP contribution < -0.4 is 9.64 Å². The minimum absolute atomic E-state index is 0.00627. The van der Waals surface area contributed by atoms with Crippen molar-refractivity contribution in [2.45, 2.75) is 39.2 Å². The fourth-order valence-corrected chi connectivity index (χ4v) is 4.41. The normalized spacial score (nSPS) is 17.2. The van der Waals surface area contributed by atoms with E-state index in [0.29, 0.717) is 28.1 Å². The molecule has 1 unspecified atom stereocenters. The van der Waals surface area contributed by atoms with Gasteiger partial charge < -0.3 is 9.84 Å². The Balaban J connectivity index is 1.98. The van der Waals surface area contributed by atoms with E-state index >= 15 is 0 Å². The predicted octanol–water partition coefficient (Wildman–Crippen LogP) is 5.80. The number of rotatable bonds is 4. The van der Waals surface area contributed by atoms with E-state index in [1.165, 1.54) is 12.0 Å². The van der Waals surface area contributed by atoms with Crippen molar-refractivity contribution in [2.24, 2.45) is 0 Å². The lowest BCUT2D eigenvalue weighted by Crippen LogP contribution is -2.29. The summed E-state index contributed by atoms with van der Waals surface area (Å²) in [6.45, 7) is 8.07. The van der Waals surface area contributed by atoms with Gasteiger partial charge in [0.15, 0.2) is 0 Å². The van der Waals surface area contributed by atoms with Crippen LogP contribution in [-0.4, -0.2) is 23.9 Å². The number of hydrogen-bond acceptors (Lipinski definition) is 5. The first kappa shape index (κ1) is 24.7. The van der Waals surface area contributed by atoms with E-state index in [2.05, 4.69) is 26.8 Å². The lowest BCUT2D eigenvalue weighted by molar-refractivity contribution is -0.132. The van der Waals surface area contributed by atoms with E-state index in [-0.39, 0.29) is 16.7 Å². The number of amides is 1. The summed E-state index contributed by atoms with van der Waals surface area (Å²) in [5.74, 6) is -1.19. The van der Waals surface area contributed by atoms with Crippen LogP contribution in [0.3, 0.4) is 0 Å². The van der Waals surface area contributed by atoms with Crippen molar-refractivity contribution in [1.29, 1.82) is 5.26 Å². The molecule has 0 saturated carbocycles. The number of carbonyl (C=O) groups is 2. The van der Waals surface area contributed by atoms with Crippen molar-refractivity contribution >= 4 is 23.1 Å². The van der Waals surface area contributed by atoms with Crippen molar-refractivity contribution in [3.05, 3.63) is 100 Å². The van der Waals surface area contributed by atoms with E-state index in [9.17, 15) is 20.0 Å². The highest BCUT2D eigenvalue weighted by atomic mass is 16.5. The van der Waals surface area contributed by atoms with Gasteiger partial charge >= 0.3 is 0 Å². The van der Waals surface area contributed by atoms with Crippen molar-refractivity contribution in [3.63, 3.8) is 0 Å². The maximum Gasteiger partial charge on any atom is 0.300 e. The number of hydrogen-bond donors (Lipinski definition) is 1. The van der Waals surface area contributed by atoms with Crippen LogP contribution in [-0.2, 0) is 15.0 Å². The largest absolute Gasteiger partial charge is 0.507 e. The number of methoxy groups -OCH3 is 1. The molecule has 0 spiro atoms. The van der Waals surface area contributed by atoms with Crippen LogP contribution >= 0.6 is 0 Å². The molecule has 1 amide bonds. The molecule has 0 radical (unpaired) electrons. The molecule has 1 heterocycles. The predicted molar refractivity (Wildman–Crippen MR) is 139 cm³/mol. The number of aliphatic hydroxyl groups is 1. The fourth-order valence-electron chi connectivity index (χ4n) is 4.41. The van der Waals surface area contributed by atoms with Gasteiger partial charge in [-0.3, -0.25) is 14.5 Å². The molecule has 1 saturated heterocycles. The Morgan fingerprint density at radius 3 is 2.33 bits per heavy atom. The zero-order chi connectivity index (χ0) is 26.2. The number of benzene rings is 3. The Hall–Kier alpha value is -4.37. The molecule has 1 aliphatic heterocycles. The maximum absolute atomic E-state index is 13.5. The SMILES string of the molecule is COc1cccc(C2/C(=C(\O)c3cc(C(C)(C)C)ccc3C)C(=O)C(=O)N2c2ccc(C#N)cc2)c1.